The fraction of sp³-hybridized carbons (Fsp3) is 0.458. The lowest BCUT2D eigenvalue weighted by atomic mass is 9.85. The van der Waals surface area contributed by atoms with Crippen molar-refractivity contribution in [2.24, 2.45) is 5.92 Å². The Morgan fingerprint density at radius 1 is 1.10 bits per heavy atom. The van der Waals surface area contributed by atoms with Gasteiger partial charge in [-0.1, -0.05) is 50.4 Å². The van der Waals surface area contributed by atoms with Crippen molar-refractivity contribution in [1.82, 2.24) is 4.90 Å². The molecule has 1 aliphatic heterocycles. The Hall–Kier alpha value is -2.07. The third-order valence-electron chi connectivity index (χ3n) is 6.17. The maximum absolute atomic E-state index is 13.6. The molecular formula is C24H28ClFN2O. The van der Waals surface area contributed by atoms with Crippen LogP contribution in [0.4, 0.5) is 14.9 Å². The number of carbonyl (C=O) groups excluding carboxylic acids is 1. The number of nitrogens with zero attached hydrogens (tertiary/aromatic N) is 2. The lowest BCUT2D eigenvalue weighted by Crippen LogP contribution is -2.41. The molecule has 5 heteroatoms. The number of carbonyl (C=O) groups is 1. The highest BCUT2D eigenvalue weighted by Gasteiger charge is 2.50. The molecule has 2 aromatic carbocycles. The number of anilines is 1. The molecule has 2 aliphatic rings. The summed E-state index contributed by atoms with van der Waals surface area (Å²) in [6.45, 7) is 5.03. The third-order valence-corrected chi connectivity index (χ3v) is 6.40. The first-order valence-electron chi connectivity index (χ1n) is 10.6. The van der Waals surface area contributed by atoms with Gasteiger partial charge in [0.1, 0.15) is 5.82 Å². The number of hydrogen-bond acceptors (Lipinski definition) is 1. The maximum Gasteiger partial charge on any atom is 0.325 e. The molecule has 2 amide bonds. The highest BCUT2D eigenvalue weighted by atomic mass is 35.5. The van der Waals surface area contributed by atoms with Crippen molar-refractivity contribution in [3.8, 4) is 0 Å². The molecule has 1 aliphatic carbocycles. The molecule has 29 heavy (non-hydrogen) atoms. The summed E-state index contributed by atoms with van der Waals surface area (Å²) in [5, 5.41) is 0.722. The normalized spacial score (nSPS) is 24.7. The Kier molecular flexibility index (Phi) is 5.82. The van der Waals surface area contributed by atoms with Crippen molar-refractivity contribution < 1.29 is 9.18 Å². The molecule has 0 spiro atoms. The van der Waals surface area contributed by atoms with Crippen molar-refractivity contribution in [3.05, 3.63) is 64.9 Å². The Morgan fingerprint density at radius 2 is 1.83 bits per heavy atom. The molecule has 3 atom stereocenters. The number of halogens is 2. The van der Waals surface area contributed by atoms with E-state index >= 15 is 0 Å². The van der Waals surface area contributed by atoms with Gasteiger partial charge in [0.25, 0.3) is 0 Å². The SMILES string of the molecule is CC(C)CN1C(=O)N(c2ccc(F)cc2)[C@@H]2[C@H](c3cccc(Cl)c3)CCCC[C@@H]21. The summed E-state index contributed by atoms with van der Waals surface area (Å²) in [6.07, 6.45) is 4.25. The topological polar surface area (TPSA) is 23.6 Å². The highest BCUT2D eigenvalue weighted by Crippen LogP contribution is 2.44. The molecule has 154 valence electrons. The molecule has 4 rings (SSSR count). The van der Waals surface area contributed by atoms with Crippen molar-refractivity contribution >= 4 is 23.3 Å². The second-order valence-corrected chi connectivity index (χ2v) is 9.12. The van der Waals surface area contributed by atoms with E-state index in [0.29, 0.717) is 5.92 Å². The standard InChI is InChI=1S/C24H28ClFN2O/c1-16(2)15-27-22-9-4-3-8-21(17-6-5-7-18(25)14-17)23(22)28(24(27)29)20-12-10-19(26)11-13-20/h5-7,10-14,16,21-23H,3-4,8-9,15H2,1-2H3/t21-,22-,23+/m0/s1. The number of fused-ring (bicyclic) bond motifs is 1. The summed E-state index contributed by atoms with van der Waals surface area (Å²) in [5.41, 5.74) is 1.95. The van der Waals surface area contributed by atoms with Crippen LogP contribution in [0, 0.1) is 11.7 Å². The summed E-state index contributed by atoms with van der Waals surface area (Å²) < 4.78 is 13.6. The smallest absolute Gasteiger partial charge is 0.319 e. The Labute approximate surface area is 177 Å². The largest absolute Gasteiger partial charge is 0.325 e. The zero-order valence-electron chi connectivity index (χ0n) is 17.0. The quantitative estimate of drug-likeness (QED) is 0.562. The van der Waals surface area contributed by atoms with Crippen LogP contribution in [0.15, 0.2) is 48.5 Å². The van der Waals surface area contributed by atoms with Crippen LogP contribution in [-0.4, -0.2) is 29.6 Å². The first-order valence-corrected chi connectivity index (χ1v) is 10.9. The number of rotatable bonds is 4. The predicted octanol–water partition coefficient (Wildman–Crippen LogP) is 6.47. The number of hydrogen-bond donors (Lipinski definition) is 0. The van der Waals surface area contributed by atoms with Gasteiger partial charge in [-0.2, -0.15) is 0 Å². The molecule has 0 aromatic heterocycles. The number of benzene rings is 2. The minimum atomic E-state index is -0.289. The fourth-order valence-electron chi connectivity index (χ4n) is 5.02. The zero-order chi connectivity index (χ0) is 20.5. The Balaban J connectivity index is 1.81. The van der Waals surface area contributed by atoms with Crippen molar-refractivity contribution in [3.63, 3.8) is 0 Å². The molecule has 1 saturated heterocycles. The van der Waals surface area contributed by atoms with Crippen LogP contribution < -0.4 is 4.90 Å². The second kappa shape index (κ2) is 8.35. The minimum absolute atomic E-state index is 0.0210. The predicted molar refractivity (Wildman–Crippen MR) is 116 cm³/mol. The van der Waals surface area contributed by atoms with E-state index in [9.17, 15) is 9.18 Å². The first-order chi connectivity index (χ1) is 14.0. The van der Waals surface area contributed by atoms with Crippen LogP contribution in [0.25, 0.3) is 0 Å². The summed E-state index contributed by atoms with van der Waals surface area (Å²) in [6, 6.07) is 14.6. The average Bonchev–Trinajstić information content (AvgIpc) is 2.83. The highest BCUT2D eigenvalue weighted by molar-refractivity contribution is 6.30. The van der Waals surface area contributed by atoms with Crippen LogP contribution in [0.5, 0.6) is 0 Å². The molecular weight excluding hydrogens is 387 g/mol. The van der Waals surface area contributed by atoms with E-state index < -0.39 is 0 Å². The second-order valence-electron chi connectivity index (χ2n) is 8.68. The molecule has 0 radical (unpaired) electrons. The zero-order valence-corrected chi connectivity index (χ0v) is 17.8. The monoisotopic (exact) mass is 414 g/mol. The molecule has 0 bridgehead atoms. The minimum Gasteiger partial charge on any atom is -0.319 e. The molecule has 2 aromatic rings. The van der Waals surface area contributed by atoms with Gasteiger partial charge >= 0.3 is 6.03 Å². The van der Waals surface area contributed by atoms with Gasteiger partial charge in [-0.3, -0.25) is 4.90 Å². The Morgan fingerprint density at radius 3 is 2.52 bits per heavy atom. The van der Waals surface area contributed by atoms with Crippen LogP contribution in [0.1, 0.15) is 51.0 Å². The molecule has 3 nitrogen and oxygen atoms in total. The van der Waals surface area contributed by atoms with E-state index in [-0.39, 0.29) is 29.8 Å². The summed E-state index contributed by atoms with van der Waals surface area (Å²) >= 11 is 6.31. The summed E-state index contributed by atoms with van der Waals surface area (Å²) in [5.74, 6) is 0.302. The van der Waals surface area contributed by atoms with Gasteiger partial charge in [-0.15, -0.1) is 0 Å². The lowest BCUT2D eigenvalue weighted by Gasteiger charge is -2.33. The molecule has 1 heterocycles. The number of amides is 2. The van der Waals surface area contributed by atoms with E-state index in [0.717, 1.165) is 42.9 Å². The van der Waals surface area contributed by atoms with E-state index in [2.05, 4.69) is 24.8 Å². The van der Waals surface area contributed by atoms with E-state index in [1.807, 2.05) is 23.1 Å². The van der Waals surface area contributed by atoms with Crippen LogP contribution >= 0.6 is 11.6 Å². The van der Waals surface area contributed by atoms with Gasteiger partial charge in [0.05, 0.1) is 12.1 Å². The fourth-order valence-corrected chi connectivity index (χ4v) is 5.22. The van der Waals surface area contributed by atoms with Gasteiger partial charge in [-0.25, -0.2) is 9.18 Å². The summed E-state index contributed by atoms with van der Waals surface area (Å²) in [7, 11) is 0. The number of urea groups is 1. The van der Waals surface area contributed by atoms with Crippen molar-refractivity contribution in [1.29, 1.82) is 0 Å². The van der Waals surface area contributed by atoms with Gasteiger partial charge in [0.15, 0.2) is 0 Å². The Bertz CT molecular complexity index is 869. The van der Waals surface area contributed by atoms with Crippen LogP contribution in [-0.2, 0) is 0 Å². The first kappa shape index (κ1) is 20.2. The van der Waals surface area contributed by atoms with Crippen LogP contribution in [0.2, 0.25) is 5.02 Å². The van der Waals surface area contributed by atoms with Crippen molar-refractivity contribution in [2.75, 3.05) is 11.4 Å². The van der Waals surface area contributed by atoms with E-state index in [1.165, 1.54) is 17.7 Å². The van der Waals surface area contributed by atoms with E-state index in [1.54, 1.807) is 12.1 Å². The summed E-state index contributed by atoms with van der Waals surface area (Å²) in [4.78, 5) is 17.6. The van der Waals surface area contributed by atoms with E-state index in [4.69, 9.17) is 11.6 Å². The molecule has 2 fully saturated rings. The maximum atomic E-state index is 13.6. The van der Waals surface area contributed by atoms with Crippen LogP contribution in [0.3, 0.4) is 0 Å². The molecule has 0 unspecified atom stereocenters. The van der Waals surface area contributed by atoms with Crippen molar-refractivity contribution in [2.45, 2.75) is 57.5 Å². The average molecular weight is 415 g/mol. The molecule has 1 saturated carbocycles. The van der Waals surface area contributed by atoms with Gasteiger partial charge < -0.3 is 4.90 Å². The molecule has 0 N–H and O–H groups in total. The van der Waals surface area contributed by atoms with Gasteiger partial charge in [-0.05, 0) is 60.7 Å². The lowest BCUT2D eigenvalue weighted by molar-refractivity contribution is 0.189. The van der Waals surface area contributed by atoms with Gasteiger partial charge in [0.2, 0.25) is 0 Å². The third kappa shape index (κ3) is 4.00. The van der Waals surface area contributed by atoms with Gasteiger partial charge in [0, 0.05) is 23.2 Å².